The maximum atomic E-state index is 13.0. The van der Waals surface area contributed by atoms with Crippen molar-refractivity contribution in [3.05, 3.63) is 42.1 Å². The maximum absolute atomic E-state index is 13.0. The predicted octanol–water partition coefficient (Wildman–Crippen LogP) is 2.41. The molecule has 0 bridgehead atoms. The van der Waals surface area contributed by atoms with E-state index in [1.54, 1.807) is 10.9 Å². The molecule has 1 unspecified atom stereocenters. The Labute approximate surface area is 146 Å². The molecular formula is C19H21N3O3. The molecule has 1 amide bonds. The van der Waals surface area contributed by atoms with E-state index in [4.69, 9.17) is 0 Å². The van der Waals surface area contributed by atoms with Crippen molar-refractivity contribution in [2.24, 2.45) is 18.4 Å². The van der Waals surface area contributed by atoms with Gasteiger partial charge in [-0.05, 0) is 24.7 Å². The molecule has 6 nitrogen and oxygen atoms in total. The number of carbonyl (C=O) groups excluding carboxylic acids is 1. The van der Waals surface area contributed by atoms with Crippen molar-refractivity contribution in [2.45, 2.75) is 19.3 Å². The standard InChI is InChI=1S/C19H21N3O3/c1-21-16(13-5-3-2-4-6-13)14(12-20-21)17(23)22-9-7-19(8-10-22)11-15(19)18(24)25/h2-6,12,15H,7-11H2,1H3,(H,24,25). The van der Waals surface area contributed by atoms with Gasteiger partial charge < -0.3 is 10.0 Å². The van der Waals surface area contributed by atoms with Crippen molar-refractivity contribution in [1.29, 1.82) is 0 Å². The second-order valence-electron chi connectivity index (χ2n) is 7.15. The van der Waals surface area contributed by atoms with Gasteiger partial charge in [0.05, 0.1) is 23.4 Å². The minimum atomic E-state index is -0.696. The summed E-state index contributed by atoms with van der Waals surface area (Å²) in [4.78, 5) is 26.0. The maximum Gasteiger partial charge on any atom is 0.307 e. The Bertz CT molecular complexity index is 820. The van der Waals surface area contributed by atoms with Crippen LogP contribution in [-0.2, 0) is 11.8 Å². The molecule has 2 aromatic rings. The lowest BCUT2D eigenvalue weighted by Gasteiger charge is -2.32. The lowest BCUT2D eigenvalue weighted by molar-refractivity contribution is -0.139. The minimum absolute atomic E-state index is 0.0191. The minimum Gasteiger partial charge on any atom is -0.481 e. The first-order valence-corrected chi connectivity index (χ1v) is 8.61. The number of aliphatic carboxylic acids is 1. The second-order valence-corrected chi connectivity index (χ2v) is 7.15. The number of carbonyl (C=O) groups is 2. The highest BCUT2D eigenvalue weighted by Crippen LogP contribution is 2.59. The summed E-state index contributed by atoms with van der Waals surface area (Å²) >= 11 is 0. The SMILES string of the molecule is Cn1ncc(C(=O)N2CCC3(CC2)CC3C(=O)O)c1-c1ccccc1. The van der Waals surface area contributed by atoms with Crippen LogP contribution in [0.3, 0.4) is 0 Å². The van der Waals surface area contributed by atoms with Crippen LogP contribution in [-0.4, -0.2) is 44.8 Å². The summed E-state index contributed by atoms with van der Waals surface area (Å²) in [5.74, 6) is -0.934. The van der Waals surface area contributed by atoms with Gasteiger partial charge >= 0.3 is 5.97 Å². The highest BCUT2D eigenvalue weighted by molar-refractivity contribution is 6.00. The van der Waals surface area contributed by atoms with E-state index >= 15 is 0 Å². The lowest BCUT2D eigenvalue weighted by Crippen LogP contribution is -2.40. The fourth-order valence-corrected chi connectivity index (χ4v) is 4.11. The largest absolute Gasteiger partial charge is 0.481 e. The molecule has 1 saturated carbocycles. The van der Waals surface area contributed by atoms with E-state index in [-0.39, 0.29) is 17.2 Å². The molecule has 1 spiro atoms. The summed E-state index contributed by atoms with van der Waals surface area (Å²) in [5.41, 5.74) is 2.32. The molecule has 1 N–H and O–H groups in total. The molecule has 1 aliphatic carbocycles. The van der Waals surface area contributed by atoms with Crippen LogP contribution >= 0.6 is 0 Å². The Morgan fingerprint density at radius 2 is 1.88 bits per heavy atom. The van der Waals surface area contributed by atoms with E-state index in [1.807, 2.05) is 42.3 Å². The number of likely N-dealkylation sites (tertiary alicyclic amines) is 1. The number of piperidine rings is 1. The fourth-order valence-electron chi connectivity index (χ4n) is 4.11. The number of aryl methyl sites for hydroxylation is 1. The van der Waals surface area contributed by atoms with Crippen LogP contribution < -0.4 is 0 Å². The molecular weight excluding hydrogens is 318 g/mol. The summed E-state index contributed by atoms with van der Waals surface area (Å²) in [5, 5.41) is 13.5. The highest BCUT2D eigenvalue weighted by Gasteiger charge is 2.59. The molecule has 1 aliphatic heterocycles. The average molecular weight is 339 g/mol. The van der Waals surface area contributed by atoms with Gasteiger partial charge in [-0.2, -0.15) is 5.10 Å². The molecule has 25 heavy (non-hydrogen) atoms. The third-order valence-electron chi connectivity index (χ3n) is 5.75. The number of carboxylic acids is 1. The first-order valence-electron chi connectivity index (χ1n) is 8.61. The number of benzene rings is 1. The third kappa shape index (κ3) is 2.62. The zero-order chi connectivity index (χ0) is 17.6. The Balaban J connectivity index is 1.53. The van der Waals surface area contributed by atoms with Crippen LogP contribution in [0.25, 0.3) is 11.3 Å². The number of rotatable bonds is 3. The molecule has 6 heteroatoms. The summed E-state index contributed by atoms with van der Waals surface area (Å²) in [6, 6.07) is 9.78. The number of carboxylic acid groups (broad SMARTS) is 1. The van der Waals surface area contributed by atoms with Crippen molar-refractivity contribution in [1.82, 2.24) is 14.7 Å². The van der Waals surface area contributed by atoms with Crippen LogP contribution in [0, 0.1) is 11.3 Å². The van der Waals surface area contributed by atoms with Gasteiger partial charge in [-0.3, -0.25) is 14.3 Å². The van der Waals surface area contributed by atoms with Crippen LogP contribution in [0.2, 0.25) is 0 Å². The normalized spacial score (nSPS) is 21.3. The number of hydrogen-bond donors (Lipinski definition) is 1. The molecule has 0 radical (unpaired) electrons. The Morgan fingerprint density at radius 3 is 2.48 bits per heavy atom. The molecule has 2 aliphatic rings. The molecule has 4 rings (SSSR count). The molecule has 130 valence electrons. The number of nitrogens with zero attached hydrogens (tertiary/aromatic N) is 3. The Kier molecular flexibility index (Phi) is 3.63. The Hall–Kier alpha value is -2.63. The van der Waals surface area contributed by atoms with Gasteiger partial charge in [0.15, 0.2) is 0 Å². The van der Waals surface area contributed by atoms with E-state index in [2.05, 4.69) is 5.10 Å². The van der Waals surface area contributed by atoms with Gasteiger partial charge in [-0.25, -0.2) is 0 Å². The predicted molar refractivity (Wildman–Crippen MR) is 92.0 cm³/mol. The summed E-state index contributed by atoms with van der Waals surface area (Å²) in [6.45, 7) is 1.23. The van der Waals surface area contributed by atoms with Crippen LogP contribution in [0.15, 0.2) is 36.5 Å². The van der Waals surface area contributed by atoms with Crippen LogP contribution in [0.5, 0.6) is 0 Å². The monoisotopic (exact) mass is 339 g/mol. The quantitative estimate of drug-likeness (QED) is 0.932. The van der Waals surface area contributed by atoms with Gasteiger partial charge in [0, 0.05) is 25.7 Å². The summed E-state index contributed by atoms with van der Waals surface area (Å²) in [6.07, 6.45) is 3.94. The van der Waals surface area contributed by atoms with Gasteiger partial charge in [0.1, 0.15) is 0 Å². The molecule has 1 aromatic heterocycles. The van der Waals surface area contributed by atoms with Gasteiger partial charge in [0.25, 0.3) is 5.91 Å². The topological polar surface area (TPSA) is 75.4 Å². The van der Waals surface area contributed by atoms with Crippen molar-refractivity contribution in [3.63, 3.8) is 0 Å². The molecule has 2 fully saturated rings. The van der Waals surface area contributed by atoms with Crippen LogP contribution in [0.4, 0.5) is 0 Å². The first-order chi connectivity index (χ1) is 12.0. The zero-order valence-electron chi connectivity index (χ0n) is 14.2. The van der Waals surface area contributed by atoms with Gasteiger partial charge in [0.2, 0.25) is 0 Å². The summed E-state index contributed by atoms with van der Waals surface area (Å²) in [7, 11) is 1.84. The molecule has 1 atom stereocenters. The number of amides is 1. The van der Waals surface area contributed by atoms with Crippen molar-refractivity contribution in [2.75, 3.05) is 13.1 Å². The molecule has 1 saturated heterocycles. The van der Waals surface area contributed by atoms with Crippen molar-refractivity contribution < 1.29 is 14.7 Å². The van der Waals surface area contributed by atoms with Crippen LogP contribution in [0.1, 0.15) is 29.6 Å². The second kappa shape index (κ2) is 5.72. The van der Waals surface area contributed by atoms with Crippen molar-refractivity contribution >= 4 is 11.9 Å². The third-order valence-corrected chi connectivity index (χ3v) is 5.75. The van der Waals surface area contributed by atoms with E-state index in [0.29, 0.717) is 18.7 Å². The van der Waals surface area contributed by atoms with Gasteiger partial charge in [-0.15, -0.1) is 0 Å². The number of hydrogen-bond acceptors (Lipinski definition) is 3. The van der Waals surface area contributed by atoms with E-state index < -0.39 is 5.97 Å². The summed E-state index contributed by atoms with van der Waals surface area (Å²) < 4.78 is 1.73. The molecule has 1 aromatic carbocycles. The average Bonchev–Trinajstić information content (AvgIpc) is 3.19. The zero-order valence-corrected chi connectivity index (χ0v) is 14.2. The fraction of sp³-hybridized carbons (Fsp3) is 0.421. The number of aromatic nitrogens is 2. The van der Waals surface area contributed by atoms with E-state index in [0.717, 1.165) is 30.5 Å². The van der Waals surface area contributed by atoms with E-state index in [9.17, 15) is 14.7 Å². The molecule has 2 heterocycles. The smallest absolute Gasteiger partial charge is 0.307 e. The highest BCUT2D eigenvalue weighted by atomic mass is 16.4. The Morgan fingerprint density at radius 1 is 1.20 bits per heavy atom. The van der Waals surface area contributed by atoms with Gasteiger partial charge in [-0.1, -0.05) is 30.3 Å². The van der Waals surface area contributed by atoms with E-state index in [1.165, 1.54) is 0 Å². The first kappa shape index (κ1) is 15.9. The van der Waals surface area contributed by atoms with Crippen molar-refractivity contribution in [3.8, 4) is 11.3 Å². The lowest BCUT2D eigenvalue weighted by atomic mass is 9.90.